The van der Waals surface area contributed by atoms with Crippen molar-refractivity contribution in [1.29, 1.82) is 0 Å². The van der Waals surface area contributed by atoms with E-state index in [4.69, 9.17) is 13.9 Å². The first-order chi connectivity index (χ1) is 20.1. The fourth-order valence-corrected chi connectivity index (χ4v) is 12.5. The normalized spacial score (nSPS) is 26.0. The third-order valence-corrected chi connectivity index (χ3v) is 14.6. The number of alkyl halides is 1. The lowest BCUT2D eigenvalue weighted by Crippen LogP contribution is -2.70. The molecule has 0 radical (unpaired) electrons. The van der Waals surface area contributed by atoms with Gasteiger partial charge in [0.25, 0.3) is 8.32 Å². The molecule has 6 rings (SSSR count). The predicted octanol–water partition coefficient (Wildman–Crippen LogP) is 5.52. The molecule has 214 valence electrons. The minimum Gasteiger partial charge on any atom is -0.397 e. The maximum atomic E-state index is 12.5. The van der Waals surface area contributed by atoms with Crippen LogP contribution in [0.3, 0.4) is 0 Å². The van der Waals surface area contributed by atoms with Crippen LogP contribution in [0.2, 0.25) is 0 Å². The van der Waals surface area contributed by atoms with Gasteiger partial charge in [-0.2, -0.15) is 0 Å². The van der Waals surface area contributed by atoms with Crippen molar-refractivity contribution in [2.75, 3.05) is 18.5 Å². The van der Waals surface area contributed by atoms with Crippen molar-refractivity contribution in [2.24, 2.45) is 17.3 Å². The Bertz CT molecular complexity index is 1230. The summed E-state index contributed by atoms with van der Waals surface area (Å²) in [6.45, 7) is 5.75. The third kappa shape index (κ3) is 5.12. The van der Waals surface area contributed by atoms with E-state index in [2.05, 4.69) is 114 Å². The molecule has 6 heteroatoms. The first-order valence-corrected chi connectivity index (χ1v) is 17.9. The maximum Gasteiger partial charge on any atom is 0.288 e. The second kappa shape index (κ2) is 12.1. The number of carbonyl (C=O) groups excluding carboxylic acids is 1. The highest BCUT2D eigenvalue weighted by Crippen LogP contribution is 2.63. The van der Waals surface area contributed by atoms with E-state index in [0.717, 1.165) is 44.1 Å². The van der Waals surface area contributed by atoms with Crippen LogP contribution in [-0.2, 0) is 18.7 Å². The molecule has 1 aliphatic heterocycles. The van der Waals surface area contributed by atoms with Crippen molar-refractivity contribution in [3.05, 3.63) is 103 Å². The number of halogens is 1. The number of ether oxygens (including phenoxy) is 2. The molecule has 1 saturated heterocycles. The molecule has 1 unspecified atom stereocenters. The summed E-state index contributed by atoms with van der Waals surface area (Å²) < 4.78 is 20.4. The minimum absolute atomic E-state index is 0.0271. The number of carbonyl (C=O) groups is 1. The number of hydrogen-bond acceptors (Lipinski definition) is 4. The zero-order valence-electron chi connectivity index (χ0n) is 23.6. The van der Waals surface area contributed by atoms with E-state index in [0.29, 0.717) is 18.5 Å². The molecule has 4 atom stereocenters. The number of hydrogen-bond donors (Lipinski definition) is 0. The monoisotopic (exact) mass is 630 g/mol. The third-order valence-electron chi connectivity index (χ3n) is 9.77. The van der Waals surface area contributed by atoms with E-state index in [-0.39, 0.29) is 23.4 Å². The first-order valence-electron chi connectivity index (χ1n) is 14.9. The van der Waals surface area contributed by atoms with Crippen molar-refractivity contribution in [3.63, 3.8) is 0 Å². The molecular formula is C35H39BrO4Si. The molecule has 0 bridgehead atoms. The molecule has 2 aliphatic carbocycles. The van der Waals surface area contributed by atoms with Gasteiger partial charge in [-0.3, -0.25) is 0 Å². The fraction of sp³-hybridized carbons (Fsp3) is 0.400. The van der Waals surface area contributed by atoms with Gasteiger partial charge in [-0.15, -0.1) is 0 Å². The lowest BCUT2D eigenvalue weighted by molar-refractivity contribution is -0.214. The highest BCUT2D eigenvalue weighted by atomic mass is 79.9. The Kier molecular flexibility index (Phi) is 8.48. The Morgan fingerprint density at radius 3 is 1.93 bits per heavy atom. The standard InChI is InChI=1S/C35H39BrO4Si/c1-27(25-36)32(24-34-19-11-12-28(26-37)33(34)35(21-20-34)38-22-23-39-35)40-41(29-13-5-2-6-14-29,30-15-7-3-8-16-30)31-17-9-4-10-18-31/h2-10,13-18,26,28,32-33H,1,11-12,19-25H2/t28-,32?,33-,34-/m0/s1. The molecule has 3 aliphatic rings. The van der Waals surface area contributed by atoms with Crippen molar-refractivity contribution >= 4 is 46.1 Å². The quantitative estimate of drug-likeness (QED) is 0.0973. The molecule has 4 nitrogen and oxygen atoms in total. The molecule has 0 aromatic heterocycles. The molecule has 3 aromatic carbocycles. The number of benzene rings is 3. The van der Waals surface area contributed by atoms with Gasteiger partial charge in [0.05, 0.1) is 19.3 Å². The summed E-state index contributed by atoms with van der Waals surface area (Å²) in [5, 5.41) is 4.27. The molecule has 1 spiro atoms. The smallest absolute Gasteiger partial charge is 0.288 e. The zero-order chi connectivity index (χ0) is 28.3. The van der Waals surface area contributed by atoms with Gasteiger partial charge in [0, 0.05) is 23.6 Å². The summed E-state index contributed by atoms with van der Waals surface area (Å²) >= 11 is 3.74. The Labute approximate surface area is 253 Å². The van der Waals surface area contributed by atoms with Gasteiger partial charge < -0.3 is 18.7 Å². The lowest BCUT2D eigenvalue weighted by atomic mass is 9.60. The zero-order valence-corrected chi connectivity index (χ0v) is 26.1. The van der Waals surface area contributed by atoms with E-state index in [1.54, 1.807) is 0 Å². The van der Waals surface area contributed by atoms with E-state index >= 15 is 0 Å². The molecule has 1 heterocycles. The summed E-state index contributed by atoms with van der Waals surface area (Å²) in [6.07, 6.45) is 6.51. The van der Waals surface area contributed by atoms with Crippen LogP contribution in [0.25, 0.3) is 0 Å². The number of fused-ring (bicyclic) bond motifs is 2. The SMILES string of the molecule is C=C(CBr)C(C[C@@]12CCC[C@@H](C=O)[C@@H]1C1(CC2)OCCO1)O[Si](c1ccccc1)(c1ccccc1)c1ccccc1. The molecule has 3 aromatic rings. The van der Waals surface area contributed by atoms with Crippen molar-refractivity contribution < 1.29 is 18.7 Å². The predicted molar refractivity (Wildman–Crippen MR) is 170 cm³/mol. The van der Waals surface area contributed by atoms with Gasteiger partial charge >= 0.3 is 0 Å². The summed E-state index contributed by atoms with van der Waals surface area (Å²) in [5.74, 6) is -0.695. The first kappa shape index (κ1) is 28.8. The summed E-state index contributed by atoms with van der Waals surface area (Å²) in [5.41, 5.74) is 0.911. The number of aldehydes is 1. The molecule has 0 N–H and O–H groups in total. The van der Waals surface area contributed by atoms with Gasteiger partial charge in [-0.05, 0) is 52.2 Å². The summed E-state index contributed by atoms with van der Waals surface area (Å²) in [6, 6.07) is 32.2. The van der Waals surface area contributed by atoms with Crippen LogP contribution in [0, 0.1) is 17.3 Å². The average Bonchev–Trinajstić information content (AvgIpc) is 3.65. The van der Waals surface area contributed by atoms with E-state index in [1.165, 1.54) is 21.8 Å². The second-order valence-electron chi connectivity index (χ2n) is 11.9. The van der Waals surface area contributed by atoms with Crippen LogP contribution in [0.15, 0.2) is 103 Å². The van der Waals surface area contributed by atoms with Crippen LogP contribution in [0.5, 0.6) is 0 Å². The molecule has 2 saturated carbocycles. The van der Waals surface area contributed by atoms with Crippen LogP contribution < -0.4 is 15.6 Å². The Morgan fingerprint density at radius 1 is 0.902 bits per heavy atom. The van der Waals surface area contributed by atoms with Crippen LogP contribution >= 0.6 is 15.9 Å². The van der Waals surface area contributed by atoms with Crippen molar-refractivity contribution in [2.45, 2.75) is 50.4 Å². The van der Waals surface area contributed by atoms with E-state index in [1.807, 2.05) is 0 Å². The van der Waals surface area contributed by atoms with Crippen molar-refractivity contribution in [1.82, 2.24) is 0 Å². The minimum atomic E-state index is -2.98. The molecule has 41 heavy (non-hydrogen) atoms. The Morgan fingerprint density at radius 2 is 1.44 bits per heavy atom. The van der Waals surface area contributed by atoms with Gasteiger partial charge in [0.2, 0.25) is 0 Å². The highest BCUT2D eigenvalue weighted by molar-refractivity contribution is 9.09. The van der Waals surface area contributed by atoms with Crippen molar-refractivity contribution in [3.8, 4) is 0 Å². The lowest BCUT2D eigenvalue weighted by Gasteiger charge is -2.49. The largest absolute Gasteiger partial charge is 0.397 e. The fourth-order valence-electron chi connectivity index (χ4n) is 8.05. The van der Waals surface area contributed by atoms with Crippen LogP contribution in [0.1, 0.15) is 38.5 Å². The van der Waals surface area contributed by atoms with Crippen LogP contribution in [0.4, 0.5) is 0 Å². The summed E-state index contributed by atoms with van der Waals surface area (Å²) in [7, 11) is -2.98. The van der Waals surface area contributed by atoms with Gasteiger partial charge in [0.15, 0.2) is 5.79 Å². The van der Waals surface area contributed by atoms with Gasteiger partial charge in [-0.1, -0.05) is 120 Å². The summed E-state index contributed by atoms with van der Waals surface area (Å²) in [4.78, 5) is 12.5. The van der Waals surface area contributed by atoms with Crippen LogP contribution in [-0.4, -0.2) is 45.0 Å². The molecule has 0 amide bonds. The molecule has 3 fully saturated rings. The van der Waals surface area contributed by atoms with E-state index < -0.39 is 14.1 Å². The van der Waals surface area contributed by atoms with Gasteiger partial charge in [0.1, 0.15) is 6.29 Å². The topological polar surface area (TPSA) is 44.8 Å². The van der Waals surface area contributed by atoms with E-state index in [9.17, 15) is 4.79 Å². The second-order valence-corrected chi connectivity index (χ2v) is 15.8. The Hall–Kier alpha value is -2.35. The maximum absolute atomic E-state index is 12.5. The number of rotatable bonds is 10. The highest BCUT2D eigenvalue weighted by Gasteiger charge is 2.64. The molecular weight excluding hydrogens is 592 g/mol. The average molecular weight is 632 g/mol. The Balaban J connectivity index is 1.48. The van der Waals surface area contributed by atoms with Gasteiger partial charge in [-0.25, -0.2) is 0 Å².